The van der Waals surface area contributed by atoms with Gasteiger partial charge in [0.15, 0.2) is 0 Å². The number of hydrogen-bond donors (Lipinski definition) is 2. The number of aliphatic hydroxyl groups excluding tert-OH is 1. The zero-order chi connectivity index (χ0) is 16.8. The van der Waals surface area contributed by atoms with Crippen molar-refractivity contribution in [3.05, 3.63) is 35.9 Å². The van der Waals surface area contributed by atoms with E-state index in [1.165, 1.54) is 5.56 Å². The zero-order valence-corrected chi connectivity index (χ0v) is 14.2. The number of nitrogens with one attached hydrogen (secondary N) is 1. The fraction of sp³-hybridized carbons (Fsp3) is 0.611. The number of ether oxygens (including phenoxy) is 1. The van der Waals surface area contributed by atoms with E-state index in [1.54, 1.807) is 0 Å². The average molecular weight is 320 g/mol. The molecular weight excluding hydrogens is 292 g/mol. The highest BCUT2D eigenvalue weighted by atomic mass is 16.6. The molecule has 0 bridgehead atoms. The number of carbonyl (C=O) groups is 1. The Morgan fingerprint density at radius 2 is 2.09 bits per heavy atom. The summed E-state index contributed by atoms with van der Waals surface area (Å²) in [7, 11) is 0. The van der Waals surface area contributed by atoms with Gasteiger partial charge in [-0.05, 0) is 32.3 Å². The molecule has 1 amide bonds. The third-order valence-electron chi connectivity index (χ3n) is 4.27. The van der Waals surface area contributed by atoms with E-state index in [0.717, 1.165) is 19.4 Å². The Bertz CT molecular complexity index is 492. The van der Waals surface area contributed by atoms with Gasteiger partial charge in [-0.2, -0.15) is 0 Å². The maximum absolute atomic E-state index is 11.7. The number of carbonyl (C=O) groups excluding carboxylic acids is 1. The van der Waals surface area contributed by atoms with Gasteiger partial charge in [-0.1, -0.05) is 37.3 Å². The van der Waals surface area contributed by atoms with Gasteiger partial charge in [0.25, 0.3) is 0 Å². The molecule has 0 saturated carbocycles. The largest absolute Gasteiger partial charge is 0.447 e. The van der Waals surface area contributed by atoms with Gasteiger partial charge < -0.3 is 15.2 Å². The van der Waals surface area contributed by atoms with Crippen LogP contribution in [0.15, 0.2) is 30.3 Å². The normalized spacial score (nSPS) is 23.5. The monoisotopic (exact) mass is 320 g/mol. The van der Waals surface area contributed by atoms with Crippen molar-refractivity contribution >= 4 is 6.09 Å². The summed E-state index contributed by atoms with van der Waals surface area (Å²) in [6.07, 6.45) is 0.519. The smallest absolute Gasteiger partial charge is 0.407 e. The SMILES string of the molecule is CCC(c1ccccc1)N1CC[C@@H](NC(=O)OC(C)C)[C@H](O)C1. The lowest BCUT2D eigenvalue weighted by molar-refractivity contribution is 0.0159. The molecule has 1 aliphatic heterocycles. The number of rotatable bonds is 5. The number of β-amino-alcohol motifs (C(OH)–C–C–N with tert-alkyl or cyclic N) is 1. The molecule has 1 saturated heterocycles. The molecule has 2 N–H and O–H groups in total. The highest BCUT2D eigenvalue weighted by molar-refractivity contribution is 5.67. The van der Waals surface area contributed by atoms with Crippen LogP contribution in [0.2, 0.25) is 0 Å². The van der Waals surface area contributed by atoms with Gasteiger partial charge in [0, 0.05) is 19.1 Å². The van der Waals surface area contributed by atoms with Gasteiger partial charge in [0.2, 0.25) is 0 Å². The van der Waals surface area contributed by atoms with E-state index in [2.05, 4.69) is 29.3 Å². The molecule has 5 heteroatoms. The van der Waals surface area contributed by atoms with Gasteiger partial charge in [-0.25, -0.2) is 4.79 Å². The third kappa shape index (κ3) is 4.94. The molecule has 1 fully saturated rings. The summed E-state index contributed by atoms with van der Waals surface area (Å²) in [6, 6.07) is 10.4. The molecule has 1 aliphatic rings. The van der Waals surface area contributed by atoms with Crippen LogP contribution in [0.25, 0.3) is 0 Å². The summed E-state index contributed by atoms with van der Waals surface area (Å²) in [5.74, 6) is 0. The third-order valence-corrected chi connectivity index (χ3v) is 4.27. The Morgan fingerprint density at radius 3 is 2.65 bits per heavy atom. The van der Waals surface area contributed by atoms with E-state index in [0.29, 0.717) is 12.6 Å². The molecule has 1 heterocycles. The highest BCUT2D eigenvalue weighted by Gasteiger charge is 2.32. The van der Waals surface area contributed by atoms with E-state index in [9.17, 15) is 9.90 Å². The molecule has 1 unspecified atom stereocenters. The number of alkyl carbamates (subject to hydrolysis) is 1. The summed E-state index contributed by atoms with van der Waals surface area (Å²) in [6.45, 7) is 7.18. The van der Waals surface area contributed by atoms with Gasteiger partial charge in [-0.3, -0.25) is 4.90 Å². The van der Waals surface area contributed by atoms with Crippen molar-refractivity contribution in [3.8, 4) is 0 Å². The maximum atomic E-state index is 11.7. The number of piperidine rings is 1. The van der Waals surface area contributed by atoms with E-state index in [1.807, 2.05) is 32.0 Å². The van der Waals surface area contributed by atoms with Gasteiger partial charge >= 0.3 is 6.09 Å². The van der Waals surface area contributed by atoms with Crippen LogP contribution in [0.5, 0.6) is 0 Å². The second kappa shape index (κ2) is 8.31. The second-order valence-electron chi connectivity index (χ2n) is 6.39. The van der Waals surface area contributed by atoms with Crippen LogP contribution in [0.4, 0.5) is 4.79 Å². The summed E-state index contributed by atoms with van der Waals surface area (Å²) < 4.78 is 5.09. The minimum absolute atomic E-state index is 0.158. The predicted octanol–water partition coefficient (Wildman–Crippen LogP) is 2.71. The Kier molecular flexibility index (Phi) is 6.42. The lowest BCUT2D eigenvalue weighted by Gasteiger charge is -2.40. The number of amides is 1. The molecule has 0 spiro atoms. The summed E-state index contributed by atoms with van der Waals surface area (Å²) in [5, 5.41) is 13.2. The Morgan fingerprint density at radius 1 is 1.39 bits per heavy atom. The van der Waals surface area contributed by atoms with Crippen LogP contribution in [-0.2, 0) is 4.74 Å². The fourth-order valence-electron chi connectivity index (χ4n) is 3.19. The predicted molar refractivity (Wildman–Crippen MR) is 90.2 cm³/mol. The van der Waals surface area contributed by atoms with Crippen LogP contribution >= 0.6 is 0 Å². The molecule has 0 radical (unpaired) electrons. The summed E-state index contributed by atoms with van der Waals surface area (Å²) in [5.41, 5.74) is 1.27. The molecule has 1 aromatic rings. The number of likely N-dealkylation sites (tertiary alicyclic amines) is 1. The first-order chi connectivity index (χ1) is 11.0. The fourth-order valence-corrected chi connectivity index (χ4v) is 3.19. The second-order valence-corrected chi connectivity index (χ2v) is 6.39. The van der Waals surface area contributed by atoms with Gasteiger partial charge in [-0.15, -0.1) is 0 Å². The van der Waals surface area contributed by atoms with Crippen molar-refractivity contribution in [1.29, 1.82) is 0 Å². The number of hydrogen-bond acceptors (Lipinski definition) is 4. The minimum atomic E-state index is -0.582. The summed E-state index contributed by atoms with van der Waals surface area (Å²) >= 11 is 0. The average Bonchev–Trinajstić information content (AvgIpc) is 2.51. The number of nitrogens with zero attached hydrogens (tertiary/aromatic N) is 1. The molecule has 5 nitrogen and oxygen atoms in total. The van der Waals surface area contributed by atoms with E-state index >= 15 is 0 Å². The lowest BCUT2D eigenvalue weighted by Crippen LogP contribution is -2.54. The van der Waals surface area contributed by atoms with Gasteiger partial charge in [0.1, 0.15) is 0 Å². The number of aliphatic hydroxyl groups is 1. The molecule has 0 aliphatic carbocycles. The first-order valence-electron chi connectivity index (χ1n) is 8.45. The summed E-state index contributed by atoms with van der Waals surface area (Å²) in [4.78, 5) is 14.0. The van der Waals surface area contributed by atoms with Crippen molar-refractivity contribution < 1.29 is 14.6 Å². The zero-order valence-electron chi connectivity index (χ0n) is 14.2. The van der Waals surface area contributed by atoms with Crippen LogP contribution in [-0.4, -0.2) is 47.4 Å². The standard InChI is InChI=1S/C18H28N2O3/c1-4-16(14-8-6-5-7-9-14)20-11-10-15(17(21)12-20)19-18(22)23-13(2)3/h5-9,13,15-17,21H,4,10-12H2,1-3H3,(H,19,22)/t15-,16?,17-/m1/s1. The van der Waals surface area contributed by atoms with Crippen molar-refractivity contribution in [3.63, 3.8) is 0 Å². The molecule has 23 heavy (non-hydrogen) atoms. The van der Waals surface area contributed by atoms with Crippen LogP contribution < -0.4 is 5.32 Å². The molecule has 3 atom stereocenters. The Balaban J connectivity index is 1.93. The molecule has 2 rings (SSSR count). The van der Waals surface area contributed by atoms with Crippen molar-refractivity contribution in [1.82, 2.24) is 10.2 Å². The Hall–Kier alpha value is -1.59. The first kappa shape index (κ1) is 17.8. The van der Waals surface area contributed by atoms with Gasteiger partial charge in [0.05, 0.1) is 18.2 Å². The maximum Gasteiger partial charge on any atom is 0.407 e. The molecular formula is C18H28N2O3. The van der Waals surface area contributed by atoms with Crippen LogP contribution in [0, 0.1) is 0 Å². The number of benzene rings is 1. The molecule has 1 aromatic carbocycles. The Labute approximate surface area is 138 Å². The molecule has 0 aromatic heterocycles. The van der Waals surface area contributed by atoms with Crippen LogP contribution in [0.1, 0.15) is 45.2 Å². The lowest BCUT2D eigenvalue weighted by atomic mass is 9.96. The molecule has 128 valence electrons. The van der Waals surface area contributed by atoms with E-state index in [4.69, 9.17) is 4.74 Å². The van der Waals surface area contributed by atoms with Crippen molar-refractivity contribution in [2.24, 2.45) is 0 Å². The van der Waals surface area contributed by atoms with Crippen molar-refractivity contribution in [2.45, 2.75) is 57.9 Å². The first-order valence-corrected chi connectivity index (χ1v) is 8.45. The van der Waals surface area contributed by atoms with E-state index < -0.39 is 12.2 Å². The van der Waals surface area contributed by atoms with E-state index in [-0.39, 0.29) is 12.1 Å². The topological polar surface area (TPSA) is 61.8 Å². The van der Waals surface area contributed by atoms with Crippen LogP contribution in [0.3, 0.4) is 0 Å². The van der Waals surface area contributed by atoms with Crippen molar-refractivity contribution in [2.75, 3.05) is 13.1 Å². The quantitative estimate of drug-likeness (QED) is 0.876. The minimum Gasteiger partial charge on any atom is -0.447 e. The highest BCUT2D eigenvalue weighted by Crippen LogP contribution is 2.27.